The quantitative estimate of drug-likeness (QED) is 0.898. The maximum Gasteiger partial charge on any atom is 0.277 e. The number of aryl methyl sites for hydroxylation is 1. The standard InChI is InChI=1S/C11H8BrCl2N3O/c1-17-5-7(12)10(16-17)11(18)15-6-2-3-8(13)9(14)4-6/h2-5H,1H3,(H,15,18). The Morgan fingerprint density at radius 1 is 1.39 bits per heavy atom. The number of aromatic nitrogens is 2. The molecule has 0 aliphatic rings. The lowest BCUT2D eigenvalue weighted by atomic mass is 10.3. The first kappa shape index (κ1) is 13.4. The van der Waals surface area contributed by atoms with Crippen molar-refractivity contribution in [2.24, 2.45) is 7.05 Å². The van der Waals surface area contributed by atoms with E-state index in [-0.39, 0.29) is 5.91 Å². The molecule has 0 saturated carbocycles. The Labute approximate surface area is 122 Å². The van der Waals surface area contributed by atoms with Gasteiger partial charge in [0, 0.05) is 18.9 Å². The first-order chi connectivity index (χ1) is 8.47. The maximum atomic E-state index is 12.0. The number of nitrogens with zero attached hydrogens (tertiary/aromatic N) is 2. The summed E-state index contributed by atoms with van der Waals surface area (Å²) in [6.07, 6.45) is 1.70. The molecule has 1 heterocycles. The van der Waals surface area contributed by atoms with Gasteiger partial charge in [-0.05, 0) is 34.1 Å². The fourth-order valence-electron chi connectivity index (χ4n) is 1.38. The van der Waals surface area contributed by atoms with Crippen LogP contribution in [-0.4, -0.2) is 15.7 Å². The van der Waals surface area contributed by atoms with E-state index >= 15 is 0 Å². The minimum absolute atomic E-state index is 0.309. The highest BCUT2D eigenvalue weighted by atomic mass is 79.9. The molecule has 2 aromatic rings. The van der Waals surface area contributed by atoms with Crippen LogP contribution in [0.4, 0.5) is 5.69 Å². The third-order valence-electron chi connectivity index (χ3n) is 2.18. The fourth-order valence-corrected chi connectivity index (χ4v) is 2.23. The molecule has 0 spiro atoms. The molecule has 2 rings (SSSR count). The summed E-state index contributed by atoms with van der Waals surface area (Å²) in [5.74, 6) is -0.319. The van der Waals surface area contributed by atoms with E-state index < -0.39 is 0 Å². The lowest BCUT2D eigenvalue weighted by Crippen LogP contribution is -2.13. The van der Waals surface area contributed by atoms with Crippen molar-refractivity contribution in [2.75, 3.05) is 5.32 Å². The Balaban J connectivity index is 2.21. The van der Waals surface area contributed by atoms with Gasteiger partial charge in [0.15, 0.2) is 5.69 Å². The third kappa shape index (κ3) is 2.85. The molecular formula is C11H8BrCl2N3O. The Kier molecular flexibility index (Phi) is 3.94. The topological polar surface area (TPSA) is 46.9 Å². The first-order valence-electron chi connectivity index (χ1n) is 4.93. The Hall–Kier alpha value is -1.04. The molecule has 0 radical (unpaired) electrons. The van der Waals surface area contributed by atoms with Gasteiger partial charge < -0.3 is 5.32 Å². The van der Waals surface area contributed by atoms with Crippen molar-refractivity contribution in [1.29, 1.82) is 0 Å². The molecule has 7 heteroatoms. The third-order valence-corrected chi connectivity index (χ3v) is 3.50. The summed E-state index contributed by atoms with van der Waals surface area (Å²) >= 11 is 14.9. The number of nitrogens with one attached hydrogen (secondary N) is 1. The zero-order chi connectivity index (χ0) is 13.3. The molecular weight excluding hydrogens is 341 g/mol. The summed E-state index contributed by atoms with van der Waals surface area (Å²) in [6.45, 7) is 0. The number of amides is 1. The first-order valence-corrected chi connectivity index (χ1v) is 6.48. The number of carbonyl (C=O) groups excluding carboxylic acids is 1. The molecule has 94 valence electrons. The van der Waals surface area contributed by atoms with Crippen molar-refractivity contribution in [1.82, 2.24) is 9.78 Å². The van der Waals surface area contributed by atoms with Gasteiger partial charge in [-0.3, -0.25) is 9.48 Å². The Morgan fingerprint density at radius 3 is 2.67 bits per heavy atom. The molecule has 0 fully saturated rings. The van der Waals surface area contributed by atoms with Gasteiger partial charge in [0.1, 0.15) is 0 Å². The molecule has 18 heavy (non-hydrogen) atoms. The van der Waals surface area contributed by atoms with E-state index in [1.165, 1.54) is 0 Å². The summed E-state index contributed by atoms with van der Waals surface area (Å²) < 4.78 is 2.18. The molecule has 0 unspecified atom stereocenters. The van der Waals surface area contributed by atoms with Crippen LogP contribution in [0, 0.1) is 0 Å². The van der Waals surface area contributed by atoms with E-state index in [2.05, 4.69) is 26.3 Å². The van der Waals surface area contributed by atoms with Crippen LogP contribution in [0.2, 0.25) is 10.0 Å². The van der Waals surface area contributed by atoms with Crippen LogP contribution >= 0.6 is 39.1 Å². The van der Waals surface area contributed by atoms with Crippen LogP contribution in [0.5, 0.6) is 0 Å². The maximum absolute atomic E-state index is 12.0. The van der Waals surface area contributed by atoms with Gasteiger partial charge in [0.05, 0.1) is 14.5 Å². The van der Waals surface area contributed by atoms with Crippen LogP contribution in [0.25, 0.3) is 0 Å². The van der Waals surface area contributed by atoms with Crippen molar-refractivity contribution in [3.8, 4) is 0 Å². The molecule has 0 aliphatic heterocycles. The van der Waals surface area contributed by atoms with Gasteiger partial charge in [-0.25, -0.2) is 0 Å². The highest BCUT2D eigenvalue weighted by molar-refractivity contribution is 9.10. The average Bonchev–Trinajstić information content (AvgIpc) is 2.63. The van der Waals surface area contributed by atoms with E-state index in [0.29, 0.717) is 25.9 Å². The SMILES string of the molecule is Cn1cc(Br)c(C(=O)Nc2ccc(Cl)c(Cl)c2)n1. The Morgan fingerprint density at radius 2 is 2.11 bits per heavy atom. The molecule has 0 saturated heterocycles. The van der Waals surface area contributed by atoms with Gasteiger partial charge in [0.25, 0.3) is 5.91 Å². The molecule has 1 aromatic carbocycles. The molecule has 1 N–H and O–H groups in total. The van der Waals surface area contributed by atoms with Gasteiger partial charge in [-0.15, -0.1) is 0 Å². The summed E-state index contributed by atoms with van der Waals surface area (Å²) in [7, 11) is 1.74. The van der Waals surface area contributed by atoms with Crippen LogP contribution in [0.15, 0.2) is 28.9 Å². The largest absolute Gasteiger partial charge is 0.321 e. The molecule has 1 aromatic heterocycles. The summed E-state index contributed by atoms with van der Waals surface area (Å²) in [4.78, 5) is 12.0. The van der Waals surface area contributed by atoms with Crippen LogP contribution in [-0.2, 0) is 7.05 Å². The minimum Gasteiger partial charge on any atom is -0.321 e. The predicted octanol–water partition coefficient (Wildman–Crippen LogP) is 3.74. The van der Waals surface area contributed by atoms with Crippen molar-refractivity contribution in [2.45, 2.75) is 0 Å². The second-order valence-corrected chi connectivity index (χ2v) is 5.25. The highest BCUT2D eigenvalue weighted by Crippen LogP contribution is 2.25. The van der Waals surface area contributed by atoms with Crippen molar-refractivity contribution < 1.29 is 4.79 Å². The monoisotopic (exact) mass is 347 g/mol. The second kappa shape index (κ2) is 5.30. The molecule has 0 bridgehead atoms. The number of halogens is 3. The number of hydrogen-bond acceptors (Lipinski definition) is 2. The van der Waals surface area contributed by atoms with Crippen LogP contribution in [0.3, 0.4) is 0 Å². The zero-order valence-corrected chi connectivity index (χ0v) is 12.3. The van der Waals surface area contributed by atoms with Crippen LogP contribution in [0.1, 0.15) is 10.5 Å². The number of benzene rings is 1. The molecule has 1 amide bonds. The normalized spacial score (nSPS) is 10.4. The smallest absolute Gasteiger partial charge is 0.277 e. The fraction of sp³-hybridized carbons (Fsp3) is 0.0909. The second-order valence-electron chi connectivity index (χ2n) is 3.58. The van der Waals surface area contributed by atoms with Gasteiger partial charge >= 0.3 is 0 Å². The molecule has 0 atom stereocenters. The highest BCUT2D eigenvalue weighted by Gasteiger charge is 2.14. The summed E-state index contributed by atoms with van der Waals surface area (Å²) in [5.41, 5.74) is 0.871. The average molecular weight is 349 g/mol. The minimum atomic E-state index is -0.319. The summed E-state index contributed by atoms with van der Waals surface area (Å²) in [5, 5.41) is 7.56. The van der Waals surface area contributed by atoms with Crippen molar-refractivity contribution in [3.05, 3.63) is 44.6 Å². The van der Waals surface area contributed by atoms with E-state index in [4.69, 9.17) is 23.2 Å². The number of anilines is 1. The van der Waals surface area contributed by atoms with Crippen molar-refractivity contribution in [3.63, 3.8) is 0 Å². The van der Waals surface area contributed by atoms with Gasteiger partial charge in [0.2, 0.25) is 0 Å². The van der Waals surface area contributed by atoms with E-state index in [1.54, 1.807) is 36.1 Å². The zero-order valence-electron chi connectivity index (χ0n) is 9.25. The number of rotatable bonds is 2. The number of hydrogen-bond donors (Lipinski definition) is 1. The van der Waals surface area contributed by atoms with Gasteiger partial charge in [-0.1, -0.05) is 23.2 Å². The van der Waals surface area contributed by atoms with Crippen molar-refractivity contribution >= 4 is 50.7 Å². The van der Waals surface area contributed by atoms with E-state index in [1.807, 2.05) is 0 Å². The van der Waals surface area contributed by atoms with Gasteiger partial charge in [-0.2, -0.15) is 5.10 Å². The predicted molar refractivity (Wildman–Crippen MR) is 75.3 cm³/mol. The molecule has 4 nitrogen and oxygen atoms in total. The number of carbonyl (C=O) groups is 1. The van der Waals surface area contributed by atoms with E-state index in [9.17, 15) is 4.79 Å². The lowest BCUT2D eigenvalue weighted by molar-refractivity contribution is 0.102. The molecule has 0 aliphatic carbocycles. The summed E-state index contributed by atoms with van der Waals surface area (Å²) in [6, 6.07) is 4.87. The lowest BCUT2D eigenvalue weighted by Gasteiger charge is -2.04. The van der Waals surface area contributed by atoms with E-state index in [0.717, 1.165) is 0 Å². The van der Waals surface area contributed by atoms with Crippen LogP contribution < -0.4 is 5.32 Å². The Bertz CT molecular complexity index is 612.